The van der Waals surface area contributed by atoms with E-state index in [0.29, 0.717) is 26.1 Å². The van der Waals surface area contributed by atoms with Crippen molar-refractivity contribution in [1.82, 2.24) is 10.2 Å². The molecule has 1 heterocycles. The zero-order chi connectivity index (χ0) is 8.97. The van der Waals surface area contributed by atoms with Gasteiger partial charge < -0.3 is 5.32 Å². The van der Waals surface area contributed by atoms with Gasteiger partial charge in [-0.05, 0) is 6.92 Å². The van der Waals surface area contributed by atoms with Crippen LogP contribution in [-0.4, -0.2) is 42.8 Å². The molecule has 1 N–H and O–H groups in total. The number of carbonyl (C=O) groups is 2. The van der Waals surface area contributed by atoms with Gasteiger partial charge in [0.1, 0.15) is 5.78 Å². The third-order valence-electron chi connectivity index (χ3n) is 1.90. The summed E-state index contributed by atoms with van der Waals surface area (Å²) in [5.74, 6) is 0.241. The maximum atomic E-state index is 10.9. The molecule has 0 spiro atoms. The number of piperazine rings is 1. The first-order chi connectivity index (χ1) is 5.68. The molecule has 0 saturated carbocycles. The van der Waals surface area contributed by atoms with Crippen LogP contribution in [0, 0.1) is 0 Å². The van der Waals surface area contributed by atoms with Crippen LogP contribution in [0.3, 0.4) is 0 Å². The molecule has 12 heavy (non-hydrogen) atoms. The van der Waals surface area contributed by atoms with Crippen LogP contribution in [0.4, 0.5) is 0 Å². The van der Waals surface area contributed by atoms with Crippen molar-refractivity contribution in [3.63, 3.8) is 0 Å². The molecule has 4 heteroatoms. The van der Waals surface area contributed by atoms with E-state index < -0.39 is 0 Å². The van der Waals surface area contributed by atoms with Gasteiger partial charge in [0.2, 0.25) is 5.91 Å². The number of carbonyl (C=O) groups excluding carboxylic acids is 2. The Kier molecular flexibility index (Phi) is 3.22. The molecular formula is C8H14N2O2. The Balaban J connectivity index is 2.23. The molecule has 0 unspecified atom stereocenters. The molecule has 4 nitrogen and oxygen atoms in total. The smallest absolute Gasteiger partial charge is 0.234 e. The van der Waals surface area contributed by atoms with Crippen molar-refractivity contribution in [3.8, 4) is 0 Å². The highest BCUT2D eigenvalue weighted by molar-refractivity contribution is 5.79. The van der Waals surface area contributed by atoms with Gasteiger partial charge in [0.25, 0.3) is 0 Å². The summed E-state index contributed by atoms with van der Waals surface area (Å²) >= 11 is 0. The van der Waals surface area contributed by atoms with E-state index in [9.17, 15) is 9.59 Å². The third kappa shape index (κ3) is 3.00. The van der Waals surface area contributed by atoms with Gasteiger partial charge >= 0.3 is 0 Å². The molecule has 1 fully saturated rings. The molecule has 0 bridgehead atoms. The lowest BCUT2D eigenvalue weighted by molar-refractivity contribution is -0.125. The van der Waals surface area contributed by atoms with Crippen molar-refractivity contribution < 1.29 is 9.59 Å². The molecule has 0 aromatic heterocycles. The van der Waals surface area contributed by atoms with Crippen LogP contribution in [0.1, 0.15) is 13.3 Å². The molecule has 0 atom stereocenters. The lowest BCUT2D eigenvalue weighted by Gasteiger charge is -2.25. The average Bonchev–Trinajstić information content (AvgIpc) is 2.01. The molecule has 1 aliphatic rings. The third-order valence-corrected chi connectivity index (χ3v) is 1.90. The molecular weight excluding hydrogens is 156 g/mol. The van der Waals surface area contributed by atoms with Crippen LogP contribution in [0.25, 0.3) is 0 Å². The zero-order valence-corrected chi connectivity index (χ0v) is 7.30. The zero-order valence-electron chi connectivity index (χ0n) is 7.30. The van der Waals surface area contributed by atoms with E-state index in [-0.39, 0.29) is 11.7 Å². The van der Waals surface area contributed by atoms with Gasteiger partial charge in [-0.1, -0.05) is 0 Å². The number of nitrogens with zero attached hydrogens (tertiary/aromatic N) is 1. The highest BCUT2D eigenvalue weighted by Crippen LogP contribution is 1.95. The topological polar surface area (TPSA) is 49.4 Å². The fraction of sp³-hybridized carbons (Fsp3) is 0.750. The van der Waals surface area contributed by atoms with E-state index in [0.717, 1.165) is 6.54 Å². The molecule has 1 rings (SSSR count). The summed E-state index contributed by atoms with van der Waals surface area (Å²) in [6.45, 7) is 4.29. The Bertz CT molecular complexity index is 191. The molecule has 68 valence electrons. The number of hydrogen-bond donors (Lipinski definition) is 1. The Morgan fingerprint density at radius 2 is 2.42 bits per heavy atom. The summed E-state index contributed by atoms with van der Waals surface area (Å²) < 4.78 is 0. The minimum atomic E-state index is 0.0600. The van der Waals surface area contributed by atoms with Crippen LogP contribution in [0.5, 0.6) is 0 Å². The number of hydrogen-bond acceptors (Lipinski definition) is 3. The predicted molar refractivity (Wildman–Crippen MR) is 44.7 cm³/mol. The Morgan fingerprint density at radius 3 is 3.00 bits per heavy atom. The first-order valence-corrected chi connectivity index (χ1v) is 4.17. The summed E-state index contributed by atoms with van der Waals surface area (Å²) in [6.07, 6.45) is 0.549. The van der Waals surface area contributed by atoms with Crippen LogP contribution >= 0.6 is 0 Å². The van der Waals surface area contributed by atoms with E-state index in [2.05, 4.69) is 5.32 Å². The minimum Gasteiger partial charge on any atom is -0.354 e. The summed E-state index contributed by atoms with van der Waals surface area (Å²) in [7, 11) is 0. The summed E-state index contributed by atoms with van der Waals surface area (Å²) in [5, 5.41) is 2.73. The fourth-order valence-corrected chi connectivity index (χ4v) is 1.20. The van der Waals surface area contributed by atoms with Gasteiger partial charge in [0.05, 0.1) is 6.54 Å². The van der Waals surface area contributed by atoms with Gasteiger partial charge in [-0.25, -0.2) is 0 Å². The number of amides is 1. The Morgan fingerprint density at radius 1 is 1.67 bits per heavy atom. The molecule has 0 aromatic rings. The van der Waals surface area contributed by atoms with Crippen LogP contribution in [0.2, 0.25) is 0 Å². The first kappa shape index (κ1) is 9.19. The Hall–Kier alpha value is -0.900. The number of rotatable bonds is 3. The van der Waals surface area contributed by atoms with Gasteiger partial charge in [0.15, 0.2) is 0 Å². The van der Waals surface area contributed by atoms with E-state index in [1.807, 2.05) is 4.90 Å². The van der Waals surface area contributed by atoms with Crippen molar-refractivity contribution >= 4 is 11.7 Å². The van der Waals surface area contributed by atoms with Crippen molar-refractivity contribution in [2.45, 2.75) is 13.3 Å². The van der Waals surface area contributed by atoms with Crippen molar-refractivity contribution in [2.24, 2.45) is 0 Å². The second-order valence-electron chi connectivity index (χ2n) is 3.08. The second-order valence-corrected chi connectivity index (χ2v) is 3.08. The van der Waals surface area contributed by atoms with E-state index in [1.54, 1.807) is 6.92 Å². The van der Waals surface area contributed by atoms with Crippen molar-refractivity contribution in [1.29, 1.82) is 0 Å². The van der Waals surface area contributed by atoms with Crippen LogP contribution in [0.15, 0.2) is 0 Å². The highest BCUT2D eigenvalue weighted by atomic mass is 16.2. The number of Topliss-reactive ketones (excluding diaryl/α,β-unsaturated/α-hetero) is 1. The van der Waals surface area contributed by atoms with Gasteiger partial charge in [-0.3, -0.25) is 14.5 Å². The predicted octanol–water partition coefficient (Wildman–Crippen LogP) is -0.603. The molecule has 0 radical (unpaired) electrons. The summed E-state index contributed by atoms with van der Waals surface area (Å²) in [4.78, 5) is 23.5. The van der Waals surface area contributed by atoms with Gasteiger partial charge in [0, 0.05) is 26.1 Å². The first-order valence-electron chi connectivity index (χ1n) is 4.17. The van der Waals surface area contributed by atoms with Crippen LogP contribution in [-0.2, 0) is 9.59 Å². The monoisotopic (exact) mass is 170 g/mol. The SMILES string of the molecule is CC(=O)CCN1CCNC(=O)C1. The molecule has 1 saturated heterocycles. The normalized spacial score (nSPS) is 18.9. The summed E-state index contributed by atoms with van der Waals surface area (Å²) in [5.41, 5.74) is 0. The molecule has 1 aliphatic heterocycles. The Labute approximate surface area is 71.9 Å². The fourth-order valence-electron chi connectivity index (χ4n) is 1.20. The maximum absolute atomic E-state index is 10.9. The largest absolute Gasteiger partial charge is 0.354 e. The van der Waals surface area contributed by atoms with E-state index in [1.165, 1.54) is 0 Å². The van der Waals surface area contributed by atoms with Crippen molar-refractivity contribution in [3.05, 3.63) is 0 Å². The maximum Gasteiger partial charge on any atom is 0.234 e. The quantitative estimate of drug-likeness (QED) is 0.615. The number of nitrogens with one attached hydrogen (secondary N) is 1. The summed E-state index contributed by atoms with van der Waals surface area (Å²) in [6, 6.07) is 0. The average molecular weight is 170 g/mol. The van der Waals surface area contributed by atoms with Gasteiger partial charge in [-0.15, -0.1) is 0 Å². The van der Waals surface area contributed by atoms with Crippen LogP contribution < -0.4 is 5.32 Å². The lowest BCUT2D eigenvalue weighted by atomic mass is 10.2. The molecule has 0 aliphatic carbocycles. The second kappa shape index (κ2) is 4.21. The standard InChI is InChI=1S/C8H14N2O2/c1-7(11)2-4-10-5-3-9-8(12)6-10/h2-6H2,1H3,(H,9,12). The van der Waals surface area contributed by atoms with E-state index in [4.69, 9.17) is 0 Å². The van der Waals surface area contributed by atoms with E-state index >= 15 is 0 Å². The van der Waals surface area contributed by atoms with Crippen molar-refractivity contribution in [2.75, 3.05) is 26.2 Å². The highest BCUT2D eigenvalue weighted by Gasteiger charge is 2.15. The minimum absolute atomic E-state index is 0.0600. The number of ketones is 1. The lowest BCUT2D eigenvalue weighted by Crippen LogP contribution is -2.47. The van der Waals surface area contributed by atoms with Gasteiger partial charge in [-0.2, -0.15) is 0 Å². The molecule has 0 aromatic carbocycles. The molecule has 1 amide bonds.